The summed E-state index contributed by atoms with van der Waals surface area (Å²) in [5.41, 5.74) is 0.349. The largest absolute Gasteiger partial charge is 0.376 e. The number of benzene rings is 1. The van der Waals surface area contributed by atoms with E-state index in [0.717, 1.165) is 6.42 Å². The van der Waals surface area contributed by atoms with Crippen LogP contribution in [-0.2, 0) is 4.74 Å². The van der Waals surface area contributed by atoms with Crippen molar-refractivity contribution in [3.63, 3.8) is 0 Å². The van der Waals surface area contributed by atoms with E-state index in [1.807, 2.05) is 6.07 Å². The fourth-order valence-corrected chi connectivity index (χ4v) is 3.10. The van der Waals surface area contributed by atoms with Gasteiger partial charge in [0.15, 0.2) is 0 Å². The number of hydrogen-bond donors (Lipinski definition) is 1. The molecule has 1 fully saturated rings. The summed E-state index contributed by atoms with van der Waals surface area (Å²) >= 11 is 0. The van der Waals surface area contributed by atoms with Crippen LogP contribution in [0.5, 0.6) is 0 Å². The summed E-state index contributed by atoms with van der Waals surface area (Å²) in [5, 5.41) is 3.93. The van der Waals surface area contributed by atoms with Crippen LogP contribution < -0.4 is 5.32 Å². The number of anilines is 1. The van der Waals surface area contributed by atoms with E-state index in [-0.39, 0.29) is 5.82 Å². The Labute approximate surface area is 130 Å². The van der Waals surface area contributed by atoms with Crippen LogP contribution >= 0.6 is 0 Å². The van der Waals surface area contributed by atoms with Crippen molar-refractivity contribution in [1.29, 1.82) is 0 Å². The molecule has 4 nitrogen and oxygen atoms in total. The maximum Gasteiger partial charge on any atom is 0.149 e. The van der Waals surface area contributed by atoms with Gasteiger partial charge in [-0.3, -0.25) is 0 Å². The lowest BCUT2D eigenvalue weighted by Crippen LogP contribution is -2.27. The number of nitrogens with zero attached hydrogens (tertiary/aromatic N) is 2. The molecule has 0 radical (unpaired) electrons. The van der Waals surface area contributed by atoms with Crippen molar-refractivity contribution in [1.82, 2.24) is 9.97 Å². The summed E-state index contributed by atoms with van der Waals surface area (Å²) in [7, 11) is 0. The first kappa shape index (κ1) is 15.2. The topological polar surface area (TPSA) is 47.0 Å². The number of halogens is 1. The van der Waals surface area contributed by atoms with Crippen LogP contribution in [0.2, 0.25) is 0 Å². The van der Waals surface area contributed by atoms with Crippen molar-refractivity contribution < 1.29 is 9.13 Å². The second-order valence-electron chi connectivity index (χ2n) is 5.96. The number of aromatic nitrogens is 2. The molecule has 1 heterocycles. The molecule has 22 heavy (non-hydrogen) atoms. The maximum absolute atomic E-state index is 13.7. The molecule has 1 aliphatic carbocycles. The molecule has 0 bridgehead atoms. The Morgan fingerprint density at radius 3 is 3.00 bits per heavy atom. The second-order valence-corrected chi connectivity index (χ2v) is 5.96. The predicted molar refractivity (Wildman–Crippen MR) is 85.4 cm³/mol. The molecule has 2 unspecified atom stereocenters. The summed E-state index contributed by atoms with van der Waals surface area (Å²) in [6.45, 7) is 3.56. The molecule has 0 amide bonds. The molecule has 118 valence electrons. The van der Waals surface area contributed by atoms with Gasteiger partial charge in [0.25, 0.3) is 0 Å². The summed E-state index contributed by atoms with van der Waals surface area (Å²) < 4.78 is 19.7. The Balaban J connectivity index is 1.57. The first-order valence-electron chi connectivity index (χ1n) is 8.00. The van der Waals surface area contributed by atoms with Crippen LogP contribution in [0.1, 0.15) is 32.6 Å². The van der Waals surface area contributed by atoms with Gasteiger partial charge in [0, 0.05) is 11.9 Å². The molecule has 5 heteroatoms. The molecule has 1 saturated carbocycles. The van der Waals surface area contributed by atoms with Gasteiger partial charge in [-0.15, -0.1) is 0 Å². The monoisotopic (exact) mass is 303 g/mol. The Morgan fingerprint density at radius 2 is 2.14 bits per heavy atom. The van der Waals surface area contributed by atoms with Gasteiger partial charge in [-0.1, -0.05) is 25.8 Å². The number of ether oxygens (including phenoxy) is 1. The van der Waals surface area contributed by atoms with Crippen LogP contribution in [0.4, 0.5) is 10.2 Å². The maximum atomic E-state index is 13.7. The van der Waals surface area contributed by atoms with Crippen molar-refractivity contribution in [2.24, 2.45) is 5.92 Å². The number of nitrogens with one attached hydrogen (secondary N) is 1. The summed E-state index contributed by atoms with van der Waals surface area (Å²) in [4.78, 5) is 8.20. The van der Waals surface area contributed by atoms with E-state index in [1.54, 1.807) is 6.07 Å². The molecule has 2 atom stereocenters. The van der Waals surface area contributed by atoms with Crippen LogP contribution in [0.15, 0.2) is 24.5 Å². The molecule has 2 aromatic rings. The fraction of sp³-hybridized carbons (Fsp3) is 0.529. The third-order valence-electron chi connectivity index (χ3n) is 4.37. The van der Waals surface area contributed by atoms with Crippen LogP contribution in [-0.4, -0.2) is 29.2 Å². The Bertz CT molecular complexity index is 634. The zero-order valence-electron chi connectivity index (χ0n) is 12.9. The summed E-state index contributed by atoms with van der Waals surface area (Å²) in [5.74, 6) is 0.975. The van der Waals surface area contributed by atoms with Crippen molar-refractivity contribution in [3.8, 4) is 0 Å². The van der Waals surface area contributed by atoms with Crippen molar-refractivity contribution >= 4 is 16.7 Å². The van der Waals surface area contributed by atoms with Crippen LogP contribution in [0.25, 0.3) is 10.9 Å². The zero-order chi connectivity index (χ0) is 15.4. The molecule has 0 spiro atoms. The minimum Gasteiger partial charge on any atom is -0.376 e. The normalized spacial score (nSPS) is 21.9. The lowest BCUT2D eigenvalue weighted by atomic mass is 9.88. The predicted octanol–water partition coefficient (Wildman–Crippen LogP) is 3.78. The number of fused-ring (bicyclic) bond motifs is 1. The van der Waals surface area contributed by atoms with Crippen LogP contribution in [0, 0.1) is 11.7 Å². The van der Waals surface area contributed by atoms with Gasteiger partial charge in [-0.2, -0.15) is 0 Å². The third-order valence-corrected chi connectivity index (χ3v) is 4.37. The number of hydrogen-bond acceptors (Lipinski definition) is 4. The Hall–Kier alpha value is -1.75. The standard InChI is InChI=1S/C17H22FN3O/c1-12-5-2-3-8-15(12)22-10-9-19-17-13-6-4-7-14(18)16(13)20-11-21-17/h4,6-7,11-12,15H,2-3,5,8-10H2,1H3,(H,19,20,21). The van der Waals surface area contributed by atoms with Crippen molar-refractivity contribution in [2.75, 3.05) is 18.5 Å². The van der Waals surface area contributed by atoms with Gasteiger partial charge in [-0.25, -0.2) is 14.4 Å². The van der Waals surface area contributed by atoms with Gasteiger partial charge in [-0.05, 0) is 30.9 Å². The molecule has 1 aromatic heterocycles. The molecule has 0 saturated heterocycles. The van der Waals surface area contributed by atoms with Gasteiger partial charge >= 0.3 is 0 Å². The van der Waals surface area contributed by atoms with Gasteiger partial charge in [0.2, 0.25) is 0 Å². The molecular formula is C17H22FN3O. The lowest BCUT2D eigenvalue weighted by molar-refractivity contribution is 0.000380. The molecule has 1 aliphatic rings. The van der Waals surface area contributed by atoms with E-state index in [4.69, 9.17) is 4.74 Å². The summed E-state index contributed by atoms with van der Waals surface area (Å²) in [6, 6.07) is 4.91. The highest BCUT2D eigenvalue weighted by atomic mass is 19.1. The summed E-state index contributed by atoms with van der Waals surface area (Å²) in [6.07, 6.45) is 6.75. The van der Waals surface area contributed by atoms with E-state index >= 15 is 0 Å². The smallest absolute Gasteiger partial charge is 0.149 e. The van der Waals surface area contributed by atoms with Gasteiger partial charge < -0.3 is 10.1 Å². The minimum atomic E-state index is -0.324. The van der Waals surface area contributed by atoms with E-state index in [1.165, 1.54) is 31.7 Å². The molecule has 3 rings (SSSR count). The van der Waals surface area contributed by atoms with Crippen molar-refractivity contribution in [2.45, 2.75) is 38.7 Å². The average molecular weight is 303 g/mol. The SMILES string of the molecule is CC1CCCCC1OCCNc1ncnc2c(F)cccc12. The zero-order valence-corrected chi connectivity index (χ0v) is 12.9. The fourth-order valence-electron chi connectivity index (χ4n) is 3.10. The Morgan fingerprint density at radius 1 is 1.27 bits per heavy atom. The number of rotatable bonds is 5. The molecule has 1 aromatic carbocycles. The van der Waals surface area contributed by atoms with Crippen molar-refractivity contribution in [3.05, 3.63) is 30.3 Å². The van der Waals surface area contributed by atoms with E-state index in [9.17, 15) is 4.39 Å². The van der Waals surface area contributed by atoms with E-state index < -0.39 is 0 Å². The third kappa shape index (κ3) is 3.35. The van der Waals surface area contributed by atoms with Crippen LogP contribution in [0.3, 0.4) is 0 Å². The highest BCUT2D eigenvalue weighted by Crippen LogP contribution is 2.26. The first-order chi connectivity index (χ1) is 10.8. The number of para-hydroxylation sites is 1. The van der Waals surface area contributed by atoms with E-state index in [0.29, 0.717) is 41.9 Å². The first-order valence-corrected chi connectivity index (χ1v) is 8.00. The highest BCUT2D eigenvalue weighted by Gasteiger charge is 2.21. The Kier molecular flexibility index (Phi) is 4.83. The highest BCUT2D eigenvalue weighted by molar-refractivity contribution is 5.89. The molecule has 0 aliphatic heterocycles. The minimum absolute atomic E-state index is 0.324. The average Bonchev–Trinajstić information content (AvgIpc) is 2.54. The van der Waals surface area contributed by atoms with Gasteiger partial charge in [0.1, 0.15) is 23.5 Å². The molecular weight excluding hydrogens is 281 g/mol. The van der Waals surface area contributed by atoms with E-state index in [2.05, 4.69) is 22.2 Å². The lowest BCUT2D eigenvalue weighted by Gasteiger charge is -2.28. The van der Waals surface area contributed by atoms with Gasteiger partial charge in [0.05, 0.1) is 12.7 Å². The quantitative estimate of drug-likeness (QED) is 0.854. The second kappa shape index (κ2) is 7.01. The molecule has 1 N–H and O–H groups in total.